The van der Waals surface area contributed by atoms with E-state index in [2.05, 4.69) is 11.2 Å². The zero-order valence-corrected chi connectivity index (χ0v) is 11.0. The number of hydrogen-bond acceptors (Lipinski definition) is 2. The average Bonchev–Trinajstić information content (AvgIpc) is 2.47. The number of nitrogens with one attached hydrogen (secondary N) is 1. The van der Waals surface area contributed by atoms with Crippen LogP contribution in [0.3, 0.4) is 0 Å². The minimum absolute atomic E-state index is 0.306. The van der Waals surface area contributed by atoms with Crippen LogP contribution >= 0.6 is 0 Å². The van der Waals surface area contributed by atoms with Crippen molar-refractivity contribution in [3.63, 3.8) is 0 Å². The highest BCUT2D eigenvalue weighted by atomic mass is 16.6. The fourth-order valence-electron chi connectivity index (χ4n) is 2.49. The monoisotopic (exact) mass is 257 g/mol. The van der Waals surface area contributed by atoms with Crippen LogP contribution in [0, 0.1) is 18.3 Å². The fraction of sp³-hybridized carbons (Fsp3) is 0.438. The Morgan fingerprint density at radius 3 is 2.58 bits per heavy atom. The molecule has 1 fully saturated rings. The van der Waals surface area contributed by atoms with Gasteiger partial charge in [0.1, 0.15) is 0 Å². The molecule has 3 nitrogen and oxygen atoms in total. The molecule has 0 saturated heterocycles. The van der Waals surface area contributed by atoms with Gasteiger partial charge in [0, 0.05) is 11.6 Å². The number of ether oxygens (including phenoxy) is 1. The summed E-state index contributed by atoms with van der Waals surface area (Å²) in [6, 6.07) is 9.23. The van der Waals surface area contributed by atoms with Crippen molar-refractivity contribution in [2.24, 2.45) is 5.92 Å². The second-order valence-electron chi connectivity index (χ2n) is 4.88. The largest absolute Gasteiger partial charge is 0.432 e. The average molecular weight is 257 g/mol. The minimum Gasteiger partial charge on any atom is -0.432 e. The van der Waals surface area contributed by atoms with Gasteiger partial charge in [0.2, 0.25) is 0 Å². The third-order valence-corrected chi connectivity index (χ3v) is 3.50. The number of carbonyl (C=O) groups excluding carboxylic acids is 1. The van der Waals surface area contributed by atoms with Crippen LogP contribution in [0.25, 0.3) is 0 Å². The van der Waals surface area contributed by atoms with Crippen LogP contribution in [0.15, 0.2) is 30.3 Å². The molecular formula is C16H19NO2. The summed E-state index contributed by atoms with van der Waals surface area (Å²) in [5.74, 6) is 2.91. The summed E-state index contributed by atoms with van der Waals surface area (Å²) in [4.78, 5) is 11.8. The SMILES string of the molecule is C#CC(OC(=O)Nc1ccccc1)C1CCCCC1. The number of carbonyl (C=O) groups is 1. The number of anilines is 1. The molecule has 1 amide bonds. The van der Waals surface area contributed by atoms with Gasteiger partial charge in [0.15, 0.2) is 6.10 Å². The van der Waals surface area contributed by atoms with E-state index >= 15 is 0 Å². The van der Waals surface area contributed by atoms with Crippen LogP contribution in [-0.2, 0) is 4.74 Å². The molecule has 0 bridgehead atoms. The number of amides is 1. The maximum Gasteiger partial charge on any atom is 0.412 e. The Balaban J connectivity index is 1.87. The maximum absolute atomic E-state index is 11.8. The van der Waals surface area contributed by atoms with E-state index in [1.54, 1.807) is 0 Å². The lowest BCUT2D eigenvalue weighted by Crippen LogP contribution is -2.29. The van der Waals surface area contributed by atoms with Gasteiger partial charge in [-0.2, -0.15) is 0 Å². The molecular weight excluding hydrogens is 238 g/mol. The molecule has 1 saturated carbocycles. The van der Waals surface area contributed by atoms with Crippen molar-refractivity contribution in [3.8, 4) is 12.3 Å². The molecule has 0 heterocycles. The zero-order valence-electron chi connectivity index (χ0n) is 11.0. The number of terminal acetylenes is 1. The Labute approximate surface area is 114 Å². The summed E-state index contributed by atoms with van der Waals surface area (Å²) >= 11 is 0. The van der Waals surface area contributed by atoms with E-state index in [9.17, 15) is 4.79 Å². The van der Waals surface area contributed by atoms with E-state index in [0.29, 0.717) is 11.6 Å². The maximum atomic E-state index is 11.8. The Morgan fingerprint density at radius 1 is 1.26 bits per heavy atom. The van der Waals surface area contributed by atoms with Crippen LogP contribution in [0.4, 0.5) is 10.5 Å². The van der Waals surface area contributed by atoms with Gasteiger partial charge in [0.25, 0.3) is 0 Å². The molecule has 0 radical (unpaired) electrons. The molecule has 0 aliphatic heterocycles. The lowest BCUT2D eigenvalue weighted by Gasteiger charge is -2.26. The Morgan fingerprint density at radius 2 is 1.95 bits per heavy atom. The third kappa shape index (κ3) is 4.03. The number of benzene rings is 1. The van der Waals surface area contributed by atoms with Crippen LogP contribution in [0.5, 0.6) is 0 Å². The molecule has 1 N–H and O–H groups in total. The van der Waals surface area contributed by atoms with Crippen molar-refractivity contribution in [3.05, 3.63) is 30.3 Å². The Hall–Kier alpha value is -1.95. The summed E-state index contributed by atoms with van der Waals surface area (Å²) < 4.78 is 5.36. The molecule has 1 unspecified atom stereocenters. The molecule has 2 rings (SSSR count). The fourth-order valence-corrected chi connectivity index (χ4v) is 2.49. The van der Waals surface area contributed by atoms with Gasteiger partial charge in [0.05, 0.1) is 0 Å². The van der Waals surface area contributed by atoms with Gasteiger partial charge in [-0.25, -0.2) is 4.79 Å². The van der Waals surface area contributed by atoms with E-state index in [1.165, 1.54) is 19.3 Å². The summed E-state index contributed by atoms with van der Waals surface area (Å²) in [5.41, 5.74) is 0.715. The minimum atomic E-state index is -0.472. The Bertz CT molecular complexity index is 444. The van der Waals surface area contributed by atoms with Gasteiger partial charge in [-0.1, -0.05) is 43.4 Å². The van der Waals surface area contributed by atoms with Crippen molar-refractivity contribution < 1.29 is 9.53 Å². The Kier molecular flexibility index (Phi) is 4.85. The van der Waals surface area contributed by atoms with Crippen molar-refractivity contribution in [2.45, 2.75) is 38.2 Å². The first-order chi connectivity index (χ1) is 9.29. The van der Waals surface area contributed by atoms with E-state index in [-0.39, 0.29) is 0 Å². The van der Waals surface area contributed by atoms with Crippen molar-refractivity contribution in [1.82, 2.24) is 0 Å². The molecule has 1 atom stereocenters. The predicted octanol–water partition coefficient (Wildman–Crippen LogP) is 3.82. The highest BCUT2D eigenvalue weighted by Gasteiger charge is 2.25. The number of hydrogen-bond donors (Lipinski definition) is 1. The number of rotatable bonds is 3. The van der Waals surface area contributed by atoms with Gasteiger partial charge in [-0.15, -0.1) is 6.42 Å². The molecule has 1 aromatic carbocycles. The molecule has 19 heavy (non-hydrogen) atoms. The molecule has 0 spiro atoms. The topological polar surface area (TPSA) is 38.3 Å². The lowest BCUT2D eigenvalue weighted by atomic mass is 9.85. The normalized spacial score (nSPS) is 17.2. The van der Waals surface area contributed by atoms with Crippen LogP contribution in [0.1, 0.15) is 32.1 Å². The van der Waals surface area contributed by atoms with E-state index in [1.807, 2.05) is 30.3 Å². The zero-order chi connectivity index (χ0) is 13.5. The van der Waals surface area contributed by atoms with E-state index < -0.39 is 12.2 Å². The standard InChI is InChI=1S/C16H19NO2/c1-2-15(13-9-5-3-6-10-13)19-16(18)17-14-11-7-4-8-12-14/h1,4,7-8,11-13,15H,3,5-6,9-10H2,(H,17,18). The lowest BCUT2D eigenvalue weighted by molar-refractivity contribution is 0.0917. The molecule has 3 heteroatoms. The first-order valence-corrected chi connectivity index (χ1v) is 6.78. The second kappa shape index (κ2) is 6.84. The molecule has 1 aliphatic carbocycles. The van der Waals surface area contributed by atoms with Crippen LogP contribution in [0.2, 0.25) is 0 Å². The summed E-state index contributed by atoms with van der Waals surface area (Å²) in [5, 5.41) is 2.69. The first-order valence-electron chi connectivity index (χ1n) is 6.78. The highest BCUT2D eigenvalue weighted by Crippen LogP contribution is 2.27. The number of para-hydroxylation sites is 1. The molecule has 1 aliphatic rings. The van der Waals surface area contributed by atoms with Gasteiger partial charge in [-0.3, -0.25) is 5.32 Å². The van der Waals surface area contributed by atoms with Crippen molar-refractivity contribution >= 4 is 11.8 Å². The summed E-state index contributed by atoms with van der Waals surface area (Å²) in [6.45, 7) is 0. The van der Waals surface area contributed by atoms with E-state index in [0.717, 1.165) is 12.8 Å². The van der Waals surface area contributed by atoms with Crippen LogP contribution < -0.4 is 5.32 Å². The smallest absolute Gasteiger partial charge is 0.412 e. The van der Waals surface area contributed by atoms with Gasteiger partial charge >= 0.3 is 6.09 Å². The molecule has 0 aromatic heterocycles. The first kappa shape index (κ1) is 13.5. The van der Waals surface area contributed by atoms with Gasteiger partial charge < -0.3 is 4.74 Å². The molecule has 100 valence electrons. The summed E-state index contributed by atoms with van der Waals surface area (Å²) in [7, 11) is 0. The van der Waals surface area contributed by atoms with Crippen molar-refractivity contribution in [2.75, 3.05) is 5.32 Å². The predicted molar refractivity (Wildman–Crippen MR) is 75.7 cm³/mol. The second-order valence-corrected chi connectivity index (χ2v) is 4.88. The van der Waals surface area contributed by atoms with Crippen molar-refractivity contribution in [1.29, 1.82) is 0 Å². The van der Waals surface area contributed by atoms with Crippen LogP contribution in [-0.4, -0.2) is 12.2 Å². The quantitative estimate of drug-likeness (QED) is 0.836. The third-order valence-electron chi connectivity index (χ3n) is 3.50. The van der Waals surface area contributed by atoms with E-state index in [4.69, 9.17) is 11.2 Å². The van der Waals surface area contributed by atoms with Gasteiger partial charge in [-0.05, 0) is 25.0 Å². The highest BCUT2D eigenvalue weighted by molar-refractivity contribution is 5.84. The summed E-state index contributed by atoms with van der Waals surface area (Å²) in [6.07, 6.45) is 10.3. The molecule has 1 aromatic rings.